The van der Waals surface area contributed by atoms with Gasteiger partial charge < -0.3 is 9.73 Å². The number of nitrogens with one attached hydrogen (secondary N) is 2. The summed E-state index contributed by atoms with van der Waals surface area (Å²) in [5, 5.41) is 3.15. The topological polar surface area (TPSA) is 88.4 Å². The molecular formula is C28H27FN2O4S. The quantitative estimate of drug-likeness (QED) is 0.272. The summed E-state index contributed by atoms with van der Waals surface area (Å²) in [5.74, 6) is -0.589. The maximum atomic E-state index is 13.5. The van der Waals surface area contributed by atoms with Crippen molar-refractivity contribution in [3.63, 3.8) is 0 Å². The highest BCUT2D eigenvalue weighted by atomic mass is 32.2. The van der Waals surface area contributed by atoms with Crippen molar-refractivity contribution in [2.24, 2.45) is 0 Å². The third-order valence-electron chi connectivity index (χ3n) is 5.68. The standard InChI is InChI=1S/C28H27FN2O4S/c1-18(2)8-7-15-36(33,34)31-24-17-25-23(16-22(24)19-9-5-4-6-10-19)26(28(32)30-3)27(35-25)20-11-13-21(29)14-12-20/h4-6,8-14,16-17,31H,7,15H2,1-3H3,(H,30,32). The summed E-state index contributed by atoms with van der Waals surface area (Å²) in [5.41, 5.74) is 3.90. The van der Waals surface area contributed by atoms with Crippen molar-refractivity contribution in [2.45, 2.75) is 20.3 Å². The highest BCUT2D eigenvalue weighted by Gasteiger charge is 2.24. The number of hydrogen-bond donors (Lipinski definition) is 2. The van der Waals surface area contributed by atoms with E-state index in [1.807, 2.05) is 50.3 Å². The van der Waals surface area contributed by atoms with Gasteiger partial charge in [0.05, 0.1) is 17.0 Å². The van der Waals surface area contributed by atoms with Crippen LogP contribution in [-0.2, 0) is 10.0 Å². The number of rotatable bonds is 8. The van der Waals surface area contributed by atoms with E-state index in [0.29, 0.717) is 34.2 Å². The number of fused-ring (bicyclic) bond motifs is 1. The van der Waals surface area contributed by atoms with E-state index in [-0.39, 0.29) is 23.0 Å². The molecular weight excluding hydrogens is 479 g/mol. The first-order chi connectivity index (χ1) is 17.2. The molecule has 36 heavy (non-hydrogen) atoms. The summed E-state index contributed by atoms with van der Waals surface area (Å²) in [7, 11) is -2.15. The minimum atomic E-state index is -3.67. The van der Waals surface area contributed by atoms with Crippen LogP contribution < -0.4 is 10.0 Å². The Hall–Kier alpha value is -3.91. The maximum absolute atomic E-state index is 13.5. The maximum Gasteiger partial charge on any atom is 0.255 e. The largest absolute Gasteiger partial charge is 0.455 e. The number of furan rings is 1. The van der Waals surface area contributed by atoms with E-state index in [2.05, 4.69) is 10.0 Å². The lowest BCUT2D eigenvalue weighted by atomic mass is 9.99. The zero-order chi connectivity index (χ0) is 25.9. The lowest BCUT2D eigenvalue weighted by Gasteiger charge is -2.13. The summed E-state index contributed by atoms with van der Waals surface area (Å²) in [4.78, 5) is 12.9. The van der Waals surface area contributed by atoms with Crippen LogP contribution >= 0.6 is 0 Å². The Morgan fingerprint density at radius 2 is 1.69 bits per heavy atom. The molecule has 6 nitrogen and oxygen atoms in total. The molecule has 8 heteroatoms. The highest BCUT2D eigenvalue weighted by Crippen LogP contribution is 2.40. The molecule has 0 aliphatic heterocycles. The molecule has 0 saturated carbocycles. The Labute approximate surface area is 209 Å². The van der Waals surface area contributed by atoms with Crippen molar-refractivity contribution >= 4 is 32.6 Å². The minimum absolute atomic E-state index is 0.0765. The zero-order valence-electron chi connectivity index (χ0n) is 20.3. The fraction of sp³-hybridized carbons (Fsp3) is 0.179. The van der Waals surface area contributed by atoms with Crippen LogP contribution in [0.1, 0.15) is 30.6 Å². The number of hydrogen-bond acceptors (Lipinski definition) is 4. The van der Waals surface area contributed by atoms with Gasteiger partial charge in [-0.05, 0) is 56.2 Å². The molecule has 0 aliphatic carbocycles. The zero-order valence-corrected chi connectivity index (χ0v) is 21.1. The van der Waals surface area contributed by atoms with Crippen LogP contribution in [0.2, 0.25) is 0 Å². The second-order valence-corrected chi connectivity index (χ2v) is 10.5. The lowest BCUT2D eigenvalue weighted by molar-refractivity contribution is 0.0964. The van der Waals surface area contributed by atoms with Gasteiger partial charge in [-0.25, -0.2) is 12.8 Å². The Bertz CT molecular complexity index is 1540. The average Bonchev–Trinajstić information content (AvgIpc) is 3.21. The molecule has 1 amide bonds. The van der Waals surface area contributed by atoms with Crippen LogP contribution in [0.5, 0.6) is 0 Å². The molecule has 0 fully saturated rings. The Morgan fingerprint density at radius 3 is 2.33 bits per heavy atom. The molecule has 1 aromatic heterocycles. The summed E-state index contributed by atoms with van der Waals surface area (Å²) >= 11 is 0. The van der Waals surface area contributed by atoms with Gasteiger partial charge in [0.1, 0.15) is 17.2 Å². The van der Waals surface area contributed by atoms with E-state index in [0.717, 1.165) is 11.1 Å². The van der Waals surface area contributed by atoms with Gasteiger partial charge in [-0.15, -0.1) is 0 Å². The van der Waals surface area contributed by atoms with Gasteiger partial charge in [0.2, 0.25) is 10.0 Å². The molecule has 0 atom stereocenters. The van der Waals surface area contributed by atoms with E-state index >= 15 is 0 Å². The molecule has 0 unspecified atom stereocenters. The number of halogens is 1. The highest BCUT2D eigenvalue weighted by molar-refractivity contribution is 7.92. The first-order valence-corrected chi connectivity index (χ1v) is 13.1. The summed E-state index contributed by atoms with van der Waals surface area (Å²) in [6.07, 6.45) is 2.26. The van der Waals surface area contributed by atoms with Gasteiger partial charge in [0, 0.05) is 29.6 Å². The predicted molar refractivity (Wildman–Crippen MR) is 142 cm³/mol. The van der Waals surface area contributed by atoms with E-state index in [4.69, 9.17) is 4.42 Å². The lowest BCUT2D eigenvalue weighted by Crippen LogP contribution is -2.18. The van der Waals surface area contributed by atoms with Crippen molar-refractivity contribution in [3.05, 3.63) is 89.8 Å². The number of sulfonamides is 1. The number of allylic oxidation sites excluding steroid dienone is 2. The van der Waals surface area contributed by atoms with Gasteiger partial charge in [-0.2, -0.15) is 0 Å². The van der Waals surface area contributed by atoms with Gasteiger partial charge in [0.15, 0.2) is 0 Å². The average molecular weight is 507 g/mol. The molecule has 186 valence electrons. The van der Waals surface area contributed by atoms with Crippen molar-refractivity contribution < 1.29 is 22.0 Å². The molecule has 0 aliphatic rings. The normalized spacial score (nSPS) is 11.3. The van der Waals surface area contributed by atoms with Crippen molar-refractivity contribution in [1.29, 1.82) is 0 Å². The first kappa shape index (κ1) is 25.2. The van der Waals surface area contributed by atoms with Gasteiger partial charge in [-0.1, -0.05) is 42.0 Å². The van der Waals surface area contributed by atoms with Gasteiger partial charge in [-0.3, -0.25) is 9.52 Å². The predicted octanol–water partition coefficient (Wildman–Crippen LogP) is 6.36. The number of amides is 1. The van der Waals surface area contributed by atoms with E-state index < -0.39 is 15.8 Å². The van der Waals surface area contributed by atoms with Crippen molar-refractivity contribution in [2.75, 3.05) is 17.5 Å². The van der Waals surface area contributed by atoms with Crippen LogP contribution in [0.15, 0.2) is 82.8 Å². The molecule has 4 aromatic rings. The van der Waals surface area contributed by atoms with Crippen LogP contribution in [-0.4, -0.2) is 27.1 Å². The number of anilines is 1. The Balaban J connectivity index is 1.91. The SMILES string of the molecule is CNC(=O)c1c(-c2ccc(F)cc2)oc2cc(NS(=O)(=O)CCC=C(C)C)c(-c3ccccc3)cc12. The van der Waals surface area contributed by atoms with Crippen LogP contribution in [0, 0.1) is 5.82 Å². The number of benzene rings is 3. The van der Waals surface area contributed by atoms with Gasteiger partial charge in [0.25, 0.3) is 5.91 Å². The fourth-order valence-electron chi connectivity index (χ4n) is 3.96. The molecule has 4 rings (SSSR count). The van der Waals surface area contributed by atoms with Crippen LogP contribution in [0.3, 0.4) is 0 Å². The molecule has 0 radical (unpaired) electrons. The second-order valence-electron chi connectivity index (χ2n) is 8.64. The van der Waals surface area contributed by atoms with E-state index in [1.54, 1.807) is 12.1 Å². The summed E-state index contributed by atoms with van der Waals surface area (Å²) in [6, 6.07) is 18.3. The van der Waals surface area contributed by atoms with Crippen molar-refractivity contribution in [3.8, 4) is 22.5 Å². The molecule has 3 aromatic carbocycles. The smallest absolute Gasteiger partial charge is 0.255 e. The first-order valence-electron chi connectivity index (χ1n) is 11.5. The van der Waals surface area contributed by atoms with Crippen LogP contribution in [0.4, 0.5) is 10.1 Å². The molecule has 0 spiro atoms. The molecule has 0 bridgehead atoms. The third kappa shape index (κ3) is 5.49. The second kappa shape index (κ2) is 10.4. The molecule has 1 heterocycles. The molecule has 2 N–H and O–H groups in total. The summed E-state index contributed by atoms with van der Waals surface area (Å²) < 4.78 is 48.1. The number of carbonyl (C=O) groups excluding carboxylic acids is 1. The van der Waals surface area contributed by atoms with Crippen LogP contribution in [0.25, 0.3) is 33.4 Å². The van der Waals surface area contributed by atoms with Gasteiger partial charge >= 0.3 is 0 Å². The summed E-state index contributed by atoms with van der Waals surface area (Å²) in [6.45, 7) is 3.84. The minimum Gasteiger partial charge on any atom is -0.455 e. The van der Waals surface area contributed by atoms with Crippen molar-refractivity contribution in [1.82, 2.24) is 5.32 Å². The third-order valence-corrected chi connectivity index (χ3v) is 6.98. The molecule has 0 saturated heterocycles. The Morgan fingerprint density at radius 1 is 1.00 bits per heavy atom. The monoisotopic (exact) mass is 506 g/mol. The van der Waals surface area contributed by atoms with E-state index in [9.17, 15) is 17.6 Å². The fourth-order valence-corrected chi connectivity index (χ4v) is 4.99. The number of carbonyl (C=O) groups is 1. The Kier molecular flexibility index (Phi) is 7.26. The van der Waals surface area contributed by atoms with E-state index in [1.165, 1.54) is 31.3 Å².